The summed E-state index contributed by atoms with van der Waals surface area (Å²) in [6, 6.07) is 15.8. The number of aromatic nitrogens is 1. The maximum Gasteiger partial charge on any atom is 0.303 e. The molecule has 0 aliphatic rings. The number of nitro benzene ring substituents is 1. The monoisotopic (exact) mass is 413 g/mol. The smallest absolute Gasteiger partial charge is 0.303 e. The van der Waals surface area contributed by atoms with Crippen LogP contribution in [-0.4, -0.2) is 26.6 Å². The number of carboxylic acids is 1. The van der Waals surface area contributed by atoms with Crippen molar-refractivity contribution in [1.29, 1.82) is 0 Å². The topological polar surface area (TPSA) is 114 Å². The van der Waals surface area contributed by atoms with Crippen LogP contribution in [0.3, 0.4) is 0 Å². The highest BCUT2D eigenvalue weighted by atomic mass is 35.5. The van der Waals surface area contributed by atoms with Crippen LogP contribution in [0, 0.1) is 10.1 Å². The average molecular weight is 414 g/mol. The number of carboxylic acid groups (broad SMARTS) is 1. The van der Waals surface area contributed by atoms with Crippen LogP contribution in [0.4, 0.5) is 5.69 Å². The summed E-state index contributed by atoms with van der Waals surface area (Å²) in [7, 11) is 0. The Morgan fingerprint density at radius 1 is 1.10 bits per heavy atom. The predicted molar refractivity (Wildman–Crippen MR) is 108 cm³/mol. The largest absolute Gasteiger partial charge is 0.481 e. The number of nitro groups is 1. The summed E-state index contributed by atoms with van der Waals surface area (Å²) < 4.78 is 1.49. The molecule has 0 unspecified atom stereocenters. The van der Waals surface area contributed by atoms with E-state index in [1.165, 1.54) is 28.9 Å². The van der Waals surface area contributed by atoms with Crippen molar-refractivity contribution in [2.75, 3.05) is 5.43 Å². The highest BCUT2D eigenvalue weighted by Gasteiger charge is 2.16. The second-order valence-corrected chi connectivity index (χ2v) is 6.63. The summed E-state index contributed by atoms with van der Waals surface area (Å²) in [5.74, 6) is -1.52. The van der Waals surface area contributed by atoms with Crippen LogP contribution >= 0.6 is 11.6 Å². The molecule has 2 N–H and O–H groups in total. The summed E-state index contributed by atoms with van der Waals surface area (Å²) in [6.45, 7) is 0. The third-order valence-corrected chi connectivity index (χ3v) is 4.48. The van der Waals surface area contributed by atoms with Crippen molar-refractivity contribution < 1.29 is 19.6 Å². The zero-order valence-electron chi connectivity index (χ0n) is 15.0. The Bertz CT molecular complexity index is 1080. The van der Waals surface area contributed by atoms with Crippen molar-refractivity contribution in [2.45, 2.75) is 12.8 Å². The minimum atomic E-state index is -0.962. The van der Waals surface area contributed by atoms with Crippen molar-refractivity contribution in [1.82, 2.24) is 4.68 Å². The fourth-order valence-corrected chi connectivity index (χ4v) is 2.94. The lowest BCUT2D eigenvalue weighted by Crippen LogP contribution is -2.25. The Balaban J connectivity index is 1.96. The number of amides is 1. The summed E-state index contributed by atoms with van der Waals surface area (Å²) in [6.07, 6.45) is 0.0783. The summed E-state index contributed by atoms with van der Waals surface area (Å²) >= 11 is 5.94. The molecule has 0 atom stereocenters. The quantitative estimate of drug-likeness (QED) is 0.446. The van der Waals surface area contributed by atoms with E-state index in [4.69, 9.17) is 16.7 Å². The molecule has 0 bridgehead atoms. The molecule has 1 aromatic heterocycles. The fraction of sp³-hybridized carbons (Fsp3) is 0.100. The van der Waals surface area contributed by atoms with E-state index in [0.717, 1.165) is 5.56 Å². The minimum absolute atomic E-state index is 0.110. The standard InChI is InChI=1S/C20H16ClN3O5/c21-15-6-4-13(5-7-15)18-10-8-16(9-11-19(25)26)23(18)22-20(27)14-2-1-3-17(12-14)24(28)29/h1-8,10,12H,9,11H2,(H,22,27)(H,25,26). The van der Waals surface area contributed by atoms with Crippen LogP contribution in [0.2, 0.25) is 5.02 Å². The molecule has 3 rings (SSSR count). The molecule has 2 aromatic carbocycles. The van der Waals surface area contributed by atoms with Crippen LogP contribution in [0.25, 0.3) is 11.3 Å². The lowest BCUT2D eigenvalue weighted by molar-refractivity contribution is -0.384. The number of aryl methyl sites for hydroxylation is 1. The highest BCUT2D eigenvalue weighted by Crippen LogP contribution is 2.24. The molecule has 148 valence electrons. The number of hydrogen-bond donors (Lipinski definition) is 2. The molecule has 0 radical (unpaired) electrons. The van der Waals surface area contributed by atoms with E-state index in [1.54, 1.807) is 36.4 Å². The van der Waals surface area contributed by atoms with Gasteiger partial charge < -0.3 is 5.11 Å². The van der Waals surface area contributed by atoms with E-state index in [-0.39, 0.29) is 24.1 Å². The molecule has 1 amide bonds. The van der Waals surface area contributed by atoms with E-state index >= 15 is 0 Å². The zero-order chi connectivity index (χ0) is 21.0. The highest BCUT2D eigenvalue weighted by molar-refractivity contribution is 6.30. The number of benzene rings is 2. The number of aliphatic carboxylic acids is 1. The molecule has 0 spiro atoms. The molecule has 3 aromatic rings. The van der Waals surface area contributed by atoms with Gasteiger partial charge in [-0.05, 0) is 30.3 Å². The molecule has 0 aliphatic carbocycles. The number of hydrogen-bond acceptors (Lipinski definition) is 4. The van der Waals surface area contributed by atoms with Gasteiger partial charge in [-0.1, -0.05) is 29.8 Å². The molecule has 9 heteroatoms. The van der Waals surface area contributed by atoms with Gasteiger partial charge in [-0.15, -0.1) is 0 Å². The molecule has 8 nitrogen and oxygen atoms in total. The number of carbonyl (C=O) groups excluding carboxylic acids is 1. The Hall–Kier alpha value is -3.65. The molecule has 1 heterocycles. The van der Waals surface area contributed by atoms with E-state index in [0.29, 0.717) is 16.4 Å². The van der Waals surface area contributed by atoms with Gasteiger partial charge in [0.25, 0.3) is 11.6 Å². The Kier molecular flexibility index (Phi) is 5.94. The molecular weight excluding hydrogens is 398 g/mol. The van der Waals surface area contributed by atoms with Crippen molar-refractivity contribution in [3.8, 4) is 11.3 Å². The first-order valence-electron chi connectivity index (χ1n) is 8.59. The SMILES string of the molecule is O=C(O)CCc1ccc(-c2ccc(Cl)cc2)n1NC(=O)c1cccc([N+](=O)[O-])c1. The van der Waals surface area contributed by atoms with Crippen LogP contribution in [0.1, 0.15) is 22.5 Å². The average Bonchev–Trinajstić information content (AvgIpc) is 3.09. The van der Waals surface area contributed by atoms with Gasteiger partial charge in [0.1, 0.15) is 0 Å². The number of nitrogens with one attached hydrogen (secondary N) is 1. The van der Waals surface area contributed by atoms with Gasteiger partial charge in [0.2, 0.25) is 0 Å². The second kappa shape index (κ2) is 8.57. The van der Waals surface area contributed by atoms with Gasteiger partial charge in [0.15, 0.2) is 0 Å². The number of rotatable bonds is 7. The maximum absolute atomic E-state index is 12.7. The molecule has 0 aliphatic heterocycles. The van der Waals surface area contributed by atoms with E-state index < -0.39 is 16.8 Å². The van der Waals surface area contributed by atoms with Crippen molar-refractivity contribution in [3.63, 3.8) is 0 Å². The van der Waals surface area contributed by atoms with Crippen molar-refractivity contribution in [2.24, 2.45) is 0 Å². The van der Waals surface area contributed by atoms with Crippen LogP contribution < -0.4 is 5.43 Å². The molecule has 0 saturated carbocycles. The minimum Gasteiger partial charge on any atom is -0.481 e. The Labute approximate surface area is 170 Å². The van der Waals surface area contributed by atoms with Crippen molar-refractivity contribution in [3.05, 3.63) is 87.1 Å². The number of carbonyl (C=O) groups is 2. The first-order valence-corrected chi connectivity index (χ1v) is 8.97. The first kappa shape index (κ1) is 20.1. The summed E-state index contributed by atoms with van der Waals surface area (Å²) in [5.41, 5.74) is 4.58. The second-order valence-electron chi connectivity index (χ2n) is 6.19. The van der Waals surface area contributed by atoms with Gasteiger partial charge >= 0.3 is 5.97 Å². The van der Waals surface area contributed by atoms with E-state index in [1.807, 2.05) is 0 Å². The molecule has 0 fully saturated rings. The van der Waals surface area contributed by atoms with Crippen LogP contribution in [-0.2, 0) is 11.2 Å². The predicted octanol–water partition coefficient (Wildman–Crippen LogP) is 4.12. The molecular formula is C20H16ClN3O5. The molecule has 0 saturated heterocycles. The third kappa shape index (κ3) is 4.80. The van der Waals surface area contributed by atoms with Crippen LogP contribution in [0.15, 0.2) is 60.7 Å². The lowest BCUT2D eigenvalue weighted by atomic mass is 10.1. The van der Waals surface area contributed by atoms with Gasteiger partial charge in [-0.25, -0.2) is 0 Å². The fourth-order valence-electron chi connectivity index (χ4n) is 2.81. The number of nitrogens with zero attached hydrogens (tertiary/aromatic N) is 2. The zero-order valence-corrected chi connectivity index (χ0v) is 15.8. The Morgan fingerprint density at radius 3 is 2.48 bits per heavy atom. The lowest BCUT2D eigenvalue weighted by Gasteiger charge is -2.15. The van der Waals surface area contributed by atoms with E-state index in [9.17, 15) is 19.7 Å². The van der Waals surface area contributed by atoms with Gasteiger partial charge in [-0.2, -0.15) is 0 Å². The maximum atomic E-state index is 12.7. The van der Waals surface area contributed by atoms with Gasteiger partial charge in [0, 0.05) is 40.4 Å². The van der Waals surface area contributed by atoms with Gasteiger partial charge in [0.05, 0.1) is 17.0 Å². The normalized spacial score (nSPS) is 10.5. The van der Waals surface area contributed by atoms with E-state index in [2.05, 4.69) is 5.43 Å². The van der Waals surface area contributed by atoms with Crippen LogP contribution in [0.5, 0.6) is 0 Å². The first-order chi connectivity index (χ1) is 13.8. The summed E-state index contributed by atoms with van der Waals surface area (Å²) in [5, 5.41) is 20.5. The van der Waals surface area contributed by atoms with Crippen molar-refractivity contribution >= 4 is 29.2 Å². The number of non-ortho nitro benzene ring substituents is 1. The Morgan fingerprint density at radius 2 is 1.83 bits per heavy atom. The third-order valence-electron chi connectivity index (χ3n) is 4.23. The summed E-state index contributed by atoms with van der Waals surface area (Å²) in [4.78, 5) is 34.1. The molecule has 29 heavy (non-hydrogen) atoms. The van der Waals surface area contributed by atoms with Gasteiger partial charge in [-0.3, -0.25) is 29.8 Å². The number of halogens is 1.